The monoisotopic (exact) mass is 481 g/mol. The van der Waals surface area contributed by atoms with Gasteiger partial charge in [-0.1, -0.05) is 10.9 Å². The van der Waals surface area contributed by atoms with E-state index in [1.165, 1.54) is 29.8 Å². The number of nitrogens with one attached hydrogen (secondary N) is 2. The van der Waals surface area contributed by atoms with Crippen molar-refractivity contribution in [3.63, 3.8) is 0 Å². The molecule has 2 N–H and O–H groups in total. The second-order valence-corrected chi connectivity index (χ2v) is 8.58. The molecule has 1 fully saturated rings. The summed E-state index contributed by atoms with van der Waals surface area (Å²) in [4.78, 5) is 21.7. The number of carbonyl (C=O) groups is 1. The third kappa shape index (κ3) is 4.74. The number of methoxy groups -OCH3 is 2. The minimum atomic E-state index is -0.597. The van der Waals surface area contributed by atoms with E-state index in [4.69, 9.17) is 14.3 Å². The van der Waals surface area contributed by atoms with E-state index < -0.39 is 6.09 Å². The smallest absolute Gasteiger partial charge is 0.433 e. The van der Waals surface area contributed by atoms with Gasteiger partial charge in [0.15, 0.2) is 17.3 Å². The summed E-state index contributed by atoms with van der Waals surface area (Å²) in [5, 5.41) is 10.5. The molecular weight excluding hydrogens is 453 g/mol. The van der Waals surface area contributed by atoms with Gasteiger partial charge in [0.25, 0.3) is 0 Å². The third-order valence-electron chi connectivity index (χ3n) is 6.34. The number of benzene rings is 2. The first kappa shape index (κ1) is 23.0. The highest BCUT2D eigenvalue weighted by atomic mass is 19.1. The number of aromatic nitrogens is 2. The highest BCUT2D eigenvalue weighted by molar-refractivity contribution is 5.82. The van der Waals surface area contributed by atoms with Gasteiger partial charge in [0.1, 0.15) is 11.5 Å². The highest BCUT2D eigenvalue weighted by Gasteiger charge is 2.31. The Labute approximate surface area is 202 Å². The molecular formula is C25H28FN5O4. The Morgan fingerprint density at radius 1 is 1.11 bits per heavy atom. The Balaban J connectivity index is 1.43. The lowest BCUT2D eigenvalue weighted by Gasteiger charge is -2.15. The fraction of sp³-hybridized carbons (Fsp3) is 0.360. The van der Waals surface area contributed by atoms with Crippen molar-refractivity contribution in [2.24, 2.45) is 0 Å². The van der Waals surface area contributed by atoms with E-state index in [0.29, 0.717) is 41.7 Å². The Morgan fingerprint density at radius 2 is 1.89 bits per heavy atom. The van der Waals surface area contributed by atoms with E-state index in [0.717, 1.165) is 36.3 Å². The average Bonchev–Trinajstić information content (AvgIpc) is 3.56. The molecule has 1 amide bonds. The van der Waals surface area contributed by atoms with E-state index in [1.54, 1.807) is 26.4 Å². The van der Waals surface area contributed by atoms with Gasteiger partial charge in [-0.25, -0.2) is 9.18 Å². The lowest BCUT2D eigenvalue weighted by atomic mass is 10.1. The summed E-state index contributed by atoms with van der Waals surface area (Å²) in [7, 11) is 3.15. The minimum absolute atomic E-state index is 0.363. The van der Waals surface area contributed by atoms with Crippen molar-refractivity contribution in [3.8, 4) is 22.8 Å². The SMILES string of the molecule is COc1cc2c(cc1OC)-c1c(c(Nc3cccc(F)c3)nn1OC(=O)NCCN1CCCC1)C2. The van der Waals surface area contributed by atoms with Gasteiger partial charge in [0, 0.05) is 36.3 Å². The molecule has 10 heteroatoms. The molecule has 35 heavy (non-hydrogen) atoms. The first-order valence-corrected chi connectivity index (χ1v) is 11.6. The van der Waals surface area contributed by atoms with Crippen LogP contribution in [0.3, 0.4) is 0 Å². The predicted octanol–water partition coefficient (Wildman–Crippen LogP) is 3.59. The molecule has 3 aromatic rings. The Hall–Kier alpha value is -3.79. The molecule has 0 spiro atoms. The molecule has 5 rings (SSSR count). The number of ether oxygens (including phenoxy) is 2. The van der Waals surface area contributed by atoms with Gasteiger partial charge in [-0.05, 0) is 61.8 Å². The normalized spacial score (nSPS) is 14.4. The van der Waals surface area contributed by atoms with Crippen LogP contribution in [0, 0.1) is 5.82 Å². The van der Waals surface area contributed by atoms with Gasteiger partial charge in [-0.15, -0.1) is 5.10 Å². The molecule has 0 saturated carbocycles. The van der Waals surface area contributed by atoms with Crippen LogP contribution < -0.4 is 24.9 Å². The lowest BCUT2D eigenvalue weighted by Crippen LogP contribution is -2.38. The number of hydrogen-bond donors (Lipinski definition) is 2. The van der Waals surface area contributed by atoms with Gasteiger partial charge in [-0.2, -0.15) is 0 Å². The zero-order chi connectivity index (χ0) is 24.4. The topological polar surface area (TPSA) is 89.9 Å². The van der Waals surface area contributed by atoms with Crippen LogP contribution in [0.2, 0.25) is 0 Å². The van der Waals surface area contributed by atoms with Crippen LogP contribution in [0.15, 0.2) is 36.4 Å². The molecule has 1 aliphatic heterocycles. The second-order valence-electron chi connectivity index (χ2n) is 8.58. The number of carbonyl (C=O) groups excluding carboxylic acids is 1. The van der Waals surface area contributed by atoms with Gasteiger partial charge < -0.3 is 25.0 Å². The van der Waals surface area contributed by atoms with Crippen molar-refractivity contribution in [3.05, 3.63) is 53.3 Å². The van der Waals surface area contributed by atoms with Crippen LogP contribution >= 0.6 is 0 Å². The zero-order valence-corrected chi connectivity index (χ0v) is 19.8. The molecule has 2 heterocycles. The third-order valence-corrected chi connectivity index (χ3v) is 6.34. The van der Waals surface area contributed by atoms with Crippen LogP contribution in [0.25, 0.3) is 11.3 Å². The number of nitrogens with zero attached hydrogens (tertiary/aromatic N) is 3. The molecule has 9 nitrogen and oxygen atoms in total. The Kier molecular flexibility index (Phi) is 6.45. The van der Waals surface area contributed by atoms with E-state index in [1.807, 2.05) is 12.1 Å². The zero-order valence-electron chi connectivity index (χ0n) is 19.8. The number of hydrogen-bond acceptors (Lipinski definition) is 7. The summed E-state index contributed by atoms with van der Waals surface area (Å²) >= 11 is 0. The van der Waals surface area contributed by atoms with Gasteiger partial charge in [-0.3, -0.25) is 4.84 Å². The maximum Gasteiger partial charge on any atom is 0.433 e. The number of likely N-dealkylation sites (tertiary alicyclic amines) is 1. The predicted molar refractivity (Wildman–Crippen MR) is 129 cm³/mol. The lowest BCUT2D eigenvalue weighted by molar-refractivity contribution is 0.118. The summed E-state index contributed by atoms with van der Waals surface area (Å²) in [6, 6.07) is 9.86. The summed E-state index contributed by atoms with van der Waals surface area (Å²) < 4.78 is 24.7. The van der Waals surface area contributed by atoms with Crippen molar-refractivity contribution >= 4 is 17.6 Å². The molecule has 0 atom stereocenters. The first-order valence-electron chi connectivity index (χ1n) is 11.6. The molecule has 2 aliphatic rings. The summed E-state index contributed by atoms with van der Waals surface area (Å²) in [5.41, 5.74) is 3.80. The van der Waals surface area contributed by atoms with Crippen LogP contribution in [0.1, 0.15) is 24.0 Å². The number of amides is 1. The van der Waals surface area contributed by atoms with Crippen molar-refractivity contribution in [1.29, 1.82) is 0 Å². The summed E-state index contributed by atoms with van der Waals surface area (Å²) in [5.74, 6) is 1.28. The van der Waals surface area contributed by atoms with Crippen molar-refractivity contribution < 1.29 is 23.5 Å². The van der Waals surface area contributed by atoms with E-state index in [-0.39, 0.29) is 5.82 Å². The first-order chi connectivity index (χ1) is 17.1. The molecule has 0 radical (unpaired) electrons. The number of halogens is 1. The molecule has 0 bridgehead atoms. The number of anilines is 2. The van der Waals surface area contributed by atoms with Gasteiger partial charge in [0.05, 0.1) is 14.2 Å². The fourth-order valence-electron chi connectivity index (χ4n) is 4.64. The summed E-state index contributed by atoms with van der Waals surface area (Å²) in [6.07, 6.45) is 2.32. The maximum absolute atomic E-state index is 13.8. The van der Waals surface area contributed by atoms with Crippen molar-refractivity contribution in [1.82, 2.24) is 20.2 Å². The number of fused-ring (bicyclic) bond motifs is 3. The molecule has 0 unspecified atom stereocenters. The number of rotatable bonds is 8. The fourth-order valence-corrected chi connectivity index (χ4v) is 4.64. The molecule has 1 saturated heterocycles. The van der Waals surface area contributed by atoms with E-state index >= 15 is 0 Å². The molecule has 1 aliphatic carbocycles. The molecule has 184 valence electrons. The van der Waals surface area contributed by atoms with E-state index in [2.05, 4.69) is 20.6 Å². The Morgan fingerprint density at radius 3 is 2.63 bits per heavy atom. The van der Waals surface area contributed by atoms with E-state index in [9.17, 15) is 9.18 Å². The quantitative estimate of drug-likeness (QED) is 0.398. The molecule has 2 aromatic carbocycles. The van der Waals surface area contributed by atoms with Crippen LogP contribution in [0.5, 0.6) is 11.5 Å². The standard InChI is InChI=1S/C25H28FN5O4/c1-33-21-13-16-12-20-23(19(16)15-22(21)34-2)31(29-24(20)28-18-7-5-6-17(26)14-18)35-25(32)27-8-11-30-9-3-4-10-30/h5-7,13-15H,3-4,8-12H2,1-2H3,(H,27,32)(H,28,29). The van der Waals surface area contributed by atoms with Crippen molar-refractivity contribution in [2.45, 2.75) is 19.3 Å². The van der Waals surface area contributed by atoms with Crippen LogP contribution in [0.4, 0.5) is 20.7 Å². The average molecular weight is 482 g/mol. The van der Waals surface area contributed by atoms with Crippen LogP contribution in [-0.4, -0.2) is 61.3 Å². The van der Waals surface area contributed by atoms with Crippen LogP contribution in [-0.2, 0) is 6.42 Å². The Bertz CT molecular complexity index is 1240. The van der Waals surface area contributed by atoms with Gasteiger partial charge >= 0.3 is 6.09 Å². The largest absolute Gasteiger partial charge is 0.493 e. The maximum atomic E-state index is 13.8. The summed E-state index contributed by atoms with van der Waals surface area (Å²) in [6.45, 7) is 3.37. The molecule has 1 aromatic heterocycles. The minimum Gasteiger partial charge on any atom is -0.493 e. The van der Waals surface area contributed by atoms with Gasteiger partial charge in [0.2, 0.25) is 0 Å². The second kappa shape index (κ2) is 9.83. The van der Waals surface area contributed by atoms with Crippen molar-refractivity contribution in [2.75, 3.05) is 45.7 Å². The highest BCUT2D eigenvalue weighted by Crippen LogP contribution is 2.45.